The van der Waals surface area contributed by atoms with Gasteiger partial charge in [-0.15, -0.1) is 0 Å². The highest BCUT2D eigenvalue weighted by Gasteiger charge is 2.08. The smallest absolute Gasteiger partial charge is 0.272 e. The molecule has 0 aliphatic heterocycles. The molecule has 3 aromatic carbocycles. The Morgan fingerprint density at radius 2 is 1.89 bits per heavy atom. The van der Waals surface area contributed by atoms with Crippen LogP contribution in [-0.4, -0.2) is 12.1 Å². The Hall–Kier alpha value is -1.90. The third kappa shape index (κ3) is 5.80. The molecule has 0 spiro atoms. The Balaban J connectivity index is 1.69. The molecule has 1 N–H and O–H groups in total. The van der Waals surface area contributed by atoms with Gasteiger partial charge in [-0.3, -0.25) is 4.79 Å². The molecular formula is C21H15BrClIN2O2. The molecule has 0 aromatic heterocycles. The van der Waals surface area contributed by atoms with E-state index < -0.39 is 0 Å². The molecule has 142 valence electrons. The van der Waals surface area contributed by atoms with Crippen molar-refractivity contribution in [2.45, 2.75) is 6.61 Å². The van der Waals surface area contributed by atoms with Gasteiger partial charge in [0.05, 0.1) is 11.8 Å². The second-order valence-electron chi connectivity index (χ2n) is 5.78. The number of carbonyl (C=O) groups is 1. The van der Waals surface area contributed by atoms with Crippen LogP contribution >= 0.6 is 50.1 Å². The van der Waals surface area contributed by atoms with E-state index >= 15 is 0 Å². The summed E-state index contributed by atoms with van der Waals surface area (Å²) in [5, 5.41) is 4.60. The van der Waals surface area contributed by atoms with Crippen LogP contribution in [0.3, 0.4) is 0 Å². The molecule has 0 aliphatic carbocycles. The number of hydrazone groups is 1. The summed E-state index contributed by atoms with van der Waals surface area (Å²) < 4.78 is 7.78. The lowest BCUT2D eigenvalue weighted by Gasteiger charge is -2.10. The molecular weight excluding hydrogens is 555 g/mol. The molecule has 28 heavy (non-hydrogen) atoms. The molecule has 1 amide bonds. The zero-order chi connectivity index (χ0) is 19.9. The third-order valence-corrected chi connectivity index (χ3v) is 5.41. The minimum absolute atomic E-state index is 0.313. The number of amides is 1. The van der Waals surface area contributed by atoms with E-state index in [4.69, 9.17) is 16.3 Å². The predicted octanol–water partition coefficient (Wildman–Crippen LogP) is 6.05. The maximum absolute atomic E-state index is 12.2. The van der Waals surface area contributed by atoms with Crippen LogP contribution in [0.15, 0.2) is 76.3 Å². The van der Waals surface area contributed by atoms with Crippen molar-refractivity contribution < 1.29 is 9.53 Å². The molecule has 0 atom stereocenters. The first-order valence-corrected chi connectivity index (χ1v) is 10.5. The number of ether oxygens (including phenoxy) is 1. The van der Waals surface area contributed by atoms with Crippen molar-refractivity contribution in [1.29, 1.82) is 0 Å². The van der Waals surface area contributed by atoms with E-state index in [0.29, 0.717) is 33.0 Å². The van der Waals surface area contributed by atoms with Crippen molar-refractivity contribution in [2.75, 3.05) is 0 Å². The van der Waals surface area contributed by atoms with Crippen molar-refractivity contribution >= 4 is 62.2 Å². The molecule has 0 aliphatic rings. The normalized spacial score (nSPS) is 10.8. The SMILES string of the molecule is O=C(N/N=C\c1cc(Cl)ccc1OCc1ccc(I)cc1)c1ccccc1Br. The standard InChI is InChI=1S/C21H15BrClIN2O2/c22-19-4-2-1-3-18(19)21(27)26-25-12-15-11-16(23)7-10-20(15)28-13-14-5-8-17(24)9-6-14/h1-12H,13H2,(H,26,27)/b25-12-. The molecule has 3 aromatic rings. The van der Waals surface area contributed by atoms with Crippen LogP contribution in [0.4, 0.5) is 0 Å². The summed E-state index contributed by atoms with van der Waals surface area (Å²) in [6.07, 6.45) is 1.52. The maximum atomic E-state index is 12.2. The Labute approximate surface area is 190 Å². The number of benzene rings is 3. The van der Waals surface area contributed by atoms with Crippen LogP contribution in [0.1, 0.15) is 21.5 Å². The number of carbonyl (C=O) groups excluding carboxylic acids is 1. The summed E-state index contributed by atoms with van der Waals surface area (Å²) in [5.74, 6) is 0.314. The molecule has 4 nitrogen and oxygen atoms in total. The first kappa shape index (κ1) is 20.8. The molecule has 0 fully saturated rings. The molecule has 0 saturated heterocycles. The van der Waals surface area contributed by atoms with Gasteiger partial charge in [0.2, 0.25) is 0 Å². The Bertz CT molecular complexity index is 1010. The zero-order valence-electron chi connectivity index (χ0n) is 14.5. The van der Waals surface area contributed by atoms with Crippen molar-refractivity contribution in [3.05, 3.63) is 96.5 Å². The highest BCUT2D eigenvalue weighted by Crippen LogP contribution is 2.23. The van der Waals surface area contributed by atoms with Gasteiger partial charge in [-0.1, -0.05) is 35.9 Å². The van der Waals surface area contributed by atoms with Gasteiger partial charge in [0, 0.05) is 18.6 Å². The van der Waals surface area contributed by atoms with Gasteiger partial charge in [0.1, 0.15) is 12.4 Å². The van der Waals surface area contributed by atoms with Gasteiger partial charge in [0.15, 0.2) is 0 Å². The molecule has 0 unspecified atom stereocenters. The van der Waals surface area contributed by atoms with E-state index in [1.165, 1.54) is 9.78 Å². The Morgan fingerprint density at radius 3 is 2.64 bits per heavy atom. The van der Waals surface area contributed by atoms with Crippen molar-refractivity contribution in [1.82, 2.24) is 5.43 Å². The average Bonchev–Trinajstić information content (AvgIpc) is 2.69. The summed E-state index contributed by atoms with van der Waals surface area (Å²) in [5.41, 5.74) is 4.74. The van der Waals surface area contributed by atoms with Crippen LogP contribution in [0.2, 0.25) is 5.02 Å². The number of halogens is 3. The monoisotopic (exact) mass is 568 g/mol. The largest absolute Gasteiger partial charge is 0.488 e. The lowest BCUT2D eigenvalue weighted by atomic mass is 10.2. The Kier molecular flexibility index (Phi) is 7.47. The van der Waals surface area contributed by atoms with E-state index in [2.05, 4.69) is 49.0 Å². The number of nitrogens with one attached hydrogen (secondary N) is 1. The van der Waals surface area contributed by atoms with Crippen LogP contribution in [0.5, 0.6) is 5.75 Å². The van der Waals surface area contributed by atoms with E-state index in [-0.39, 0.29) is 5.91 Å². The summed E-state index contributed by atoms with van der Waals surface area (Å²) in [6, 6.07) is 20.5. The Morgan fingerprint density at radius 1 is 1.14 bits per heavy atom. The van der Waals surface area contributed by atoms with Gasteiger partial charge in [-0.05, 0) is 86.5 Å². The van der Waals surface area contributed by atoms with E-state index in [1.54, 1.807) is 36.4 Å². The number of hydrogen-bond acceptors (Lipinski definition) is 3. The van der Waals surface area contributed by atoms with Crippen LogP contribution < -0.4 is 10.2 Å². The van der Waals surface area contributed by atoms with E-state index in [1.807, 2.05) is 30.3 Å². The lowest BCUT2D eigenvalue weighted by molar-refractivity contribution is 0.0954. The predicted molar refractivity (Wildman–Crippen MR) is 124 cm³/mol. The van der Waals surface area contributed by atoms with E-state index in [9.17, 15) is 4.79 Å². The molecule has 0 bridgehead atoms. The first-order chi connectivity index (χ1) is 13.5. The average molecular weight is 570 g/mol. The molecule has 0 saturated carbocycles. The highest BCUT2D eigenvalue weighted by molar-refractivity contribution is 14.1. The van der Waals surface area contributed by atoms with Crippen molar-refractivity contribution in [3.63, 3.8) is 0 Å². The summed E-state index contributed by atoms with van der Waals surface area (Å²) >= 11 is 11.7. The van der Waals surface area contributed by atoms with Crippen LogP contribution in [0.25, 0.3) is 0 Å². The fraction of sp³-hybridized carbons (Fsp3) is 0.0476. The molecule has 0 radical (unpaired) electrons. The van der Waals surface area contributed by atoms with Gasteiger partial charge < -0.3 is 4.74 Å². The topological polar surface area (TPSA) is 50.7 Å². The molecule has 7 heteroatoms. The summed E-state index contributed by atoms with van der Waals surface area (Å²) in [7, 11) is 0. The lowest BCUT2D eigenvalue weighted by Crippen LogP contribution is -2.18. The third-order valence-electron chi connectivity index (χ3n) is 3.77. The minimum atomic E-state index is -0.313. The maximum Gasteiger partial charge on any atom is 0.272 e. The minimum Gasteiger partial charge on any atom is -0.488 e. The summed E-state index contributed by atoms with van der Waals surface area (Å²) in [4.78, 5) is 12.2. The zero-order valence-corrected chi connectivity index (χ0v) is 19.0. The number of nitrogens with zero attached hydrogens (tertiary/aromatic N) is 1. The fourth-order valence-corrected chi connectivity index (χ4v) is 3.36. The van der Waals surface area contributed by atoms with Gasteiger partial charge in [0.25, 0.3) is 5.91 Å². The quantitative estimate of drug-likeness (QED) is 0.223. The second kappa shape index (κ2) is 10.0. The van der Waals surface area contributed by atoms with Crippen LogP contribution in [0, 0.1) is 3.57 Å². The molecule has 3 rings (SSSR count). The summed E-state index contributed by atoms with van der Waals surface area (Å²) in [6.45, 7) is 0.419. The first-order valence-electron chi connectivity index (χ1n) is 8.27. The van der Waals surface area contributed by atoms with E-state index in [0.717, 1.165) is 5.56 Å². The number of hydrogen-bond donors (Lipinski definition) is 1. The fourth-order valence-electron chi connectivity index (χ4n) is 2.36. The van der Waals surface area contributed by atoms with Crippen molar-refractivity contribution in [3.8, 4) is 5.75 Å². The van der Waals surface area contributed by atoms with Gasteiger partial charge in [-0.25, -0.2) is 5.43 Å². The van der Waals surface area contributed by atoms with Crippen molar-refractivity contribution in [2.24, 2.45) is 5.10 Å². The van der Waals surface area contributed by atoms with Gasteiger partial charge >= 0.3 is 0 Å². The van der Waals surface area contributed by atoms with Gasteiger partial charge in [-0.2, -0.15) is 5.10 Å². The molecule has 0 heterocycles. The van der Waals surface area contributed by atoms with Crippen LogP contribution in [-0.2, 0) is 6.61 Å². The highest BCUT2D eigenvalue weighted by atomic mass is 127. The number of rotatable bonds is 6. The second-order valence-corrected chi connectivity index (χ2v) is 8.31.